The molecule has 0 heterocycles. The van der Waals surface area contributed by atoms with Crippen LogP contribution in [0.25, 0.3) is 0 Å². The SMILES string of the molecule is C=CCc1ccccc1C(=O)OC(=O)c1ccccc1. The summed E-state index contributed by atoms with van der Waals surface area (Å²) >= 11 is 0. The molecule has 100 valence electrons. The maximum Gasteiger partial charge on any atom is 0.346 e. The van der Waals surface area contributed by atoms with Crippen LogP contribution in [0.15, 0.2) is 67.3 Å². The van der Waals surface area contributed by atoms with Crippen LogP contribution in [0.5, 0.6) is 0 Å². The summed E-state index contributed by atoms with van der Waals surface area (Å²) in [6.45, 7) is 3.65. The lowest BCUT2D eigenvalue weighted by Gasteiger charge is -2.07. The van der Waals surface area contributed by atoms with Gasteiger partial charge in [0.1, 0.15) is 0 Å². The van der Waals surface area contributed by atoms with E-state index in [0.717, 1.165) is 5.56 Å². The van der Waals surface area contributed by atoms with Crippen LogP contribution in [0.3, 0.4) is 0 Å². The molecule has 0 aliphatic rings. The fourth-order valence-corrected chi connectivity index (χ4v) is 1.83. The van der Waals surface area contributed by atoms with Crippen LogP contribution in [-0.4, -0.2) is 11.9 Å². The summed E-state index contributed by atoms with van der Waals surface area (Å²) < 4.78 is 4.90. The molecule has 0 spiro atoms. The second-order valence-electron chi connectivity index (χ2n) is 4.19. The molecule has 3 nitrogen and oxygen atoms in total. The largest absolute Gasteiger partial charge is 0.386 e. The van der Waals surface area contributed by atoms with Crippen molar-refractivity contribution in [2.24, 2.45) is 0 Å². The Hall–Kier alpha value is -2.68. The number of hydrogen-bond donors (Lipinski definition) is 0. The summed E-state index contributed by atoms with van der Waals surface area (Å²) in [7, 11) is 0. The van der Waals surface area contributed by atoms with Crippen molar-refractivity contribution >= 4 is 11.9 Å². The summed E-state index contributed by atoms with van der Waals surface area (Å²) in [6.07, 6.45) is 2.25. The lowest BCUT2D eigenvalue weighted by Crippen LogP contribution is -2.14. The van der Waals surface area contributed by atoms with Crippen LogP contribution in [0, 0.1) is 0 Å². The number of esters is 2. The van der Waals surface area contributed by atoms with Gasteiger partial charge in [0, 0.05) is 0 Å². The molecule has 2 aromatic carbocycles. The molecule has 0 atom stereocenters. The quantitative estimate of drug-likeness (QED) is 0.484. The van der Waals surface area contributed by atoms with Gasteiger partial charge in [0.15, 0.2) is 0 Å². The van der Waals surface area contributed by atoms with Gasteiger partial charge in [-0.25, -0.2) is 9.59 Å². The van der Waals surface area contributed by atoms with E-state index in [2.05, 4.69) is 6.58 Å². The zero-order chi connectivity index (χ0) is 14.4. The predicted molar refractivity (Wildman–Crippen MR) is 76.5 cm³/mol. The van der Waals surface area contributed by atoms with Gasteiger partial charge in [-0.05, 0) is 30.2 Å². The topological polar surface area (TPSA) is 43.4 Å². The Morgan fingerprint density at radius 1 is 0.950 bits per heavy atom. The van der Waals surface area contributed by atoms with Gasteiger partial charge in [-0.3, -0.25) is 0 Å². The third-order valence-corrected chi connectivity index (χ3v) is 2.80. The molecule has 0 N–H and O–H groups in total. The Labute approximate surface area is 117 Å². The Balaban J connectivity index is 2.17. The van der Waals surface area contributed by atoms with Gasteiger partial charge in [-0.15, -0.1) is 6.58 Å². The second-order valence-corrected chi connectivity index (χ2v) is 4.19. The molecular formula is C17H14O3. The molecule has 0 saturated carbocycles. The van der Waals surface area contributed by atoms with E-state index in [0.29, 0.717) is 17.5 Å². The minimum Gasteiger partial charge on any atom is -0.386 e. The normalized spacial score (nSPS) is 9.80. The van der Waals surface area contributed by atoms with Crippen LogP contribution in [0.1, 0.15) is 26.3 Å². The Morgan fingerprint density at radius 3 is 2.30 bits per heavy atom. The van der Waals surface area contributed by atoms with Crippen LogP contribution < -0.4 is 0 Å². The van der Waals surface area contributed by atoms with E-state index < -0.39 is 11.9 Å². The monoisotopic (exact) mass is 266 g/mol. The van der Waals surface area contributed by atoms with Crippen LogP contribution in [0.2, 0.25) is 0 Å². The number of allylic oxidation sites excluding steroid dienone is 1. The first-order chi connectivity index (χ1) is 9.72. The Kier molecular flexibility index (Phi) is 4.45. The third kappa shape index (κ3) is 3.20. The average Bonchev–Trinajstić information content (AvgIpc) is 2.49. The molecule has 3 heteroatoms. The Bertz CT molecular complexity index is 630. The Morgan fingerprint density at radius 2 is 1.60 bits per heavy atom. The minimum absolute atomic E-state index is 0.349. The van der Waals surface area contributed by atoms with E-state index in [9.17, 15) is 9.59 Å². The van der Waals surface area contributed by atoms with Gasteiger partial charge < -0.3 is 4.74 Å². The van der Waals surface area contributed by atoms with Gasteiger partial charge in [0.25, 0.3) is 0 Å². The summed E-state index contributed by atoms with van der Waals surface area (Å²) in [5.74, 6) is -1.29. The molecule has 0 radical (unpaired) electrons. The molecule has 0 aromatic heterocycles. The van der Waals surface area contributed by atoms with E-state index >= 15 is 0 Å². The fraction of sp³-hybridized carbons (Fsp3) is 0.0588. The first-order valence-electron chi connectivity index (χ1n) is 6.22. The van der Waals surface area contributed by atoms with Crippen molar-refractivity contribution in [2.75, 3.05) is 0 Å². The molecule has 0 unspecified atom stereocenters. The third-order valence-electron chi connectivity index (χ3n) is 2.80. The lowest BCUT2D eigenvalue weighted by molar-refractivity contribution is 0.0397. The number of benzene rings is 2. The first kappa shape index (κ1) is 13.7. The highest BCUT2D eigenvalue weighted by Crippen LogP contribution is 2.13. The van der Waals surface area contributed by atoms with Gasteiger partial charge in [-0.2, -0.15) is 0 Å². The summed E-state index contributed by atoms with van der Waals surface area (Å²) in [5, 5.41) is 0. The molecule has 0 fully saturated rings. The van der Waals surface area contributed by atoms with E-state index in [1.807, 2.05) is 12.1 Å². The molecule has 0 saturated heterocycles. The highest BCUT2D eigenvalue weighted by molar-refractivity contribution is 6.03. The van der Waals surface area contributed by atoms with Crippen molar-refractivity contribution in [1.82, 2.24) is 0 Å². The molecule has 2 aromatic rings. The number of hydrogen-bond acceptors (Lipinski definition) is 3. The van der Waals surface area contributed by atoms with E-state index in [1.54, 1.807) is 48.5 Å². The first-order valence-corrected chi connectivity index (χ1v) is 6.22. The minimum atomic E-state index is -0.649. The predicted octanol–water partition coefficient (Wildman–Crippen LogP) is 3.41. The molecular weight excluding hydrogens is 252 g/mol. The van der Waals surface area contributed by atoms with Crippen molar-refractivity contribution in [3.8, 4) is 0 Å². The standard InChI is InChI=1S/C17H14O3/c1-2-8-13-9-6-7-12-15(13)17(19)20-16(18)14-10-4-3-5-11-14/h2-7,9-12H,1,8H2. The zero-order valence-electron chi connectivity index (χ0n) is 10.9. The summed E-state index contributed by atoms with van der Waals surface area (Å²) in [6, 6.07) is 15.4. The molecule has 2 rings (SSSR count). The van der Waals surface area contributed by atoms with Gasteiger partial charge in [0.05, 0.1) is 11.1 Å². The number of carbonyl (C=O) groups is 2. The summed E-state index contributed by atoms with van der Waals surface area (Å²) in [5.41, 5.74) is 1.52. The number of carbonyl (C=O) groups excluding carboxylic acids is 2. The molecule has 0 bridgehead atoms. The van der Waals surface area contributed by atoms with Crippen molar-refractivity contribution in [2.45, 2.75) is 6.42 Å². The van der Waals surface area contributed by atoms with Crippen molar-refractivity contribution in [1.29, 1.82) is 0 Å². The molecule has 0 aliphatic heterocycles. The van der Waals surface area contributed by atoms with Gasteiger partial charge >= 0.3 is 11.9 Å². The van der Waals surface area contributed by atoms with Crippen LogP contribution in [-0.2, 0) is 11.2 Å². The van der Waals surface area contributed by atoms with E-state index in [1.165, 1.54) is 0 Å². The maximum absolute atomic E-state index is 12.0. The summed E-state index contributed by atoms with van der Waals surface area (Å²) in [4.78, 5) is 23.9. The zero-order valence-corrected chi connectivity index (χ0v) is 10.9. The number of rotatable bonds is 4. The van der Waals surface area contributed by atoms with Crippen LogP contribution >= 0.6 is 0 Å². The average molecular weight is 266 g/mol. The smallest absolute Gasteiger partial charge is 0.346 e. The fourth-order valence-electron chi connectivity index (χ4n) is 1.83. The highest BCUT2D eigenvalue weighted by atomic mass is 16.6. The van der Waals surface area contributed by atoms with Crippen LogP contribution in [0.4, 0.5) is 0 Å². The maximum atomic E-state index is 12.0. The highest BCUT2D eigenvalue weighted by Gasteiger charge is 2.16. The number of ether oxygens (including phenoxy) is 1. The lowest BCUT2D eigenvalue weighted by atomic mass is 10.0. The molecule has 20 heavy (non-hydrogen) atoms. The molecule has 0 aliphatic carbocycles. The van der Waals surface area contributed by atoms with Crippen molar-refractivity contribution < 1.29 is 14.3 Å². The van der Waals surface area contributed by atoms with E-state index in [-0.39, 0.29) is 0 Å². The second kappa shape index (κ2) is 6.48. The van der Waals surface area contributed by atoms with Crippen molar-refractivity contribution in [3.63, 3.8) is 0 Å². The molecule has 0 amide bonds. The van der Waals surface area contributed by atoms with Gasteiger partial charge in [-0.1, -0.05) is 42.5 Å². The van der Waals surface area contributed by atoms with Crippen molar-refractivity contribution in [3.05, 3.63) is 83.9 Å². The van der Waals surface area contributed by atoms with E-state index in [4.69, 9.17) is 4.74 Å². The van der Waals surface area contributed by atoms with Gasteiger partial charge in [0.2, 0.25) is 0 Å².